The van der Waals surface area contributed by atoms with Gasteiger partial charge >= 0.3 is 5.97 Å². The predicted molar refractivity (Wildman–Crippen MR) is 147 cm³/mol. The molecular weight excluding hydrogens is 634 g/mol. The van der Waals surface area contributed by atoms with E-state index in [0.29, 0.717) is 36.4 Å². The summed E-state index contributed by atoms with van der Waals surface area (Å²) in [6, 6.07) is 3.88. The molecule has 0 atom stereocenters. The predicted octanol–water partition coefficient (Wildman–Crippen LogP) is 2.51. The summed E-state index contributed by atoms with van der Waals surface area (Å²) in [4.78, 5) is 43.4. The van der Waals surface area contributed by atoms with Crippen LogP contribution >= 0.6 is 11.6 Å². The molecule has 2 N–H and O–H groups in total. The number of aromatic nitrogens is 2. The highest BCUT2D eigenvalue weighted by atomic mass is 35.5. The van der Waals surface area contributed by atoms with Crippen LogP contribution in [0.15, 0.2) is 39.9 Å². The normalized spacial score (nSPS) is 14.1. The molecule has 0 spiro atoms. The number of nitrogens with zero attached hydrogens (tertiary/aromatic N) is 3. The zero-order valence-electron chi connectivity index (χ0n) is 22.5. The van der Waals surface area contributed by atoms with Crippen LogP contribution in [0.4, 0.5) is 0 Å². The maximum atomic E-state index is 11.9. The lowest BCUT2D eigenvalue weighted by Crippen LogP contribution is -2.33. The Hall–Kier alpha value is -3.64. The van der Waals surface area contributed by atoms with Crippen LogP contribution < -0.4 is 9.30 Å². The van der Waals surface area contributed by atoms with Crippen LogP contribution in [0.5, 0.6) is 5.75 Å². The minimum atomic E-state index is -4.75. The van der Waals surface area contributed by atoms with Crippen LogP contribution in [0.3, 0.4) is 0 Å². The van der Waals surface area contributed by atoms with E-state index in [1.807, 2.05) is 4.57 Å². The summed E-state index contributed by atoms with van der Waals surface area (Å²) in [6.45, 7) is 0.283. The van der Waals surface area contributed by atoms with Crippen LogP contribution in [0.1, 0.15) is 44.9 Å². The summed E-state index contributed by atoms with van der Waals surface area (Å²) in [6.07, 6.45) is 5.17. The quantitative estimate of drug-likeness (QED) is 0.110. The van der Waals surface area contributed by atoms with E-state index in [4.69, 9.17) is 30.1 Å². The Bertz CT molecular complexity index is 1760. The third-order valence-electron chi connectivity index (χ3n) is 6.23. The Kier molecular flexibility index (Phi) is 10.0. The van der Waals surface area contributed by atoms with Crippen LogP contribution in [-0.4, -0.2) is 66.1 Å². The molecule has 1 aromatic carbocycles. The Morgan fingerprint density at radius 1 is 1.07 bits per heavy atom. The highest BCUT2D eigenvalue weighted by Gasteiger charge is 2.32. The number of carbonyl (C=O) groups is 3. The van der Waals surface area contributed by atoms with Crippen molar-refractivity contribution in [3.63, 3.8) is 0 Å². The number of aryl methyl sites for hydroxylation is 1. The van der Waals surface area contributed by atoms with E-state index in [2.05, 4.69) is 4.98 Å². The number of halogens is 1. The first-order valence-electron chi connectivity index (χ1n) is 13.0. The number of benzene rings is 1. The van der Waals surface area contributed by atoms with Crippen molar-refractivity contribution in [3.05, 3.63) is 35.6 Å². The maximum Gasteiger partial charge on any atom is 0.333 e. The number of rotatable bonds is 14. The number of fused-ring (bicyclic) bond motifs is 1. The molecule has 0 radical (unpaired) electrons. The number of pyridine rings is 1. The smallest absolute Gasteiger partial charge is 0.333 e. The Morgan fingerprint density at radius 3 is 2.44 bits per heavy atom. The standard InChI is InChI=1S/C25H26ClN3O12S2/c26-17-15-28(9-3-1-2-5-24(32)41-29-22(30)6-7-23(29)31)10-8-16(17)25-27-18-13-21(43(36,37)38)20(14-19(18)40-25)39-11-4-12-42(33,34)35/h8,10,13-15H,1-7,9,11-12H2,(H-,33,34,35,36,37,38)/p+1. The van der Waals surface area contributed by atoms with E-state index in [1.165, 1.54) is 6.07 Å². The van der Waals surface area contributed by atoms with Gasteiger partial charge in [-0.1, -0.05) is 11.6 Å². The maximum absolute atomic E-state index is 11.9. The average molecular weight is 661 g/mol. The fourth-order valence-corrected chi connectivity index (χ4v) is 5.54. The third-order valence-corrected chi connectivity index (χ3v) is 8.21. The highest BCUT2D eigenvalue weighted by Crippen LogP contribution is 2.34. The van der Waals surface area contributed by atoms with Gasteiger partial charge in [0, 0.05) is 37.8 Å². The fraction of sp³-hybridized carbons (Fsp3) is 0.400. The van der Waals surface area contributed by atoms with Crippen molar-refractivity contribution >= 4 is 60.7 Å². The second kappa shape index (κ2) is 13.3. The van der Waals surface area contributed by atoms with E-state index >= 15 is 0 Å². The zero-order valence-corrected chi connectivity index (χ0v) is 24.9. The van der Waals surface area contributed by atoms with Gasteiger partial charge in [-0.05, 0) is 25.3 Å². The molecular formula is C25H27ClN3O12S2+. The number of hydrogen-bond donors (Lipinski definition) is 2. The molecule has 2 aromatic heterocycles. The summed E-state index contributed by atoms with van der Waals surface area (Å²) in [5.41, 5.74) is 0.585. The van der Waals surface area contributed by atoms with Crippen molar-refractivity contribution in [2.75, 3.05) is 12.4 Å². The van der Waals surface area contributed by atoms with Crippen LogP contribution in [-0.2, 0) is 46.0 Å². The van der Waals surface area contributed by atoms with Crippen molar-refractivity contribution < 1.29 is 58.9 Å². The van der Waals surface area contributed by atoms with E-state index < -0.39 is 48.7 Å². The van der Waals surface area contributed by atoms with Gasteiger partial charge in [-0.25, -0.2) is 14.3 Å². The summed E-state index contributed by atoms with van der Waals surface area (Å²) in [7, 11) is -8.98. The van der Waals surface area contributed by atoms with E-state index in [0.717, 1.165) is 6.07 Å². The summed E-state index contributed by atoms with van der Waals surface area (Å²) < 4.78 is 77.0. The second-order valence-electron chi connectivity index (χ2n) is 9.55. The molecule has 2 amide bonds. The Morgan fingerprint density at radius 2 is 1.79 bits per heavy atom. The average Bonchev–Trinajstić information content (AvgIpc) is 3.47. The molecule has 1 saturated heterocycles. The van der Waals surface area contributed by atoms with Crippen molar-refractivity contribution in [2.45, 2.75) is 56.4 Å². The minimum absolute atomic E-state index is 0.0337. The molecule has 3 heterocycles. The number of carbonyl (C=O) groups excluding carboxylic acids is 3. The SMILES string of the molecule is O=C(CCCCC[n+]1ccc(-c2nc3cc(S(=O)(=O)O)c(OCCCS(=O)(=O)O)cc3o2)c(Cl)c1)ON1C(=O)CCC1=O. The second-order valence-corrected chi connectivity index (χ2v) is 12.9. The van der Waals surface area contributed by atoms with Gasteiger partial charge in [0.25, 0.3) is 32.1 Å². The number of ether oxygens (including phenoxy) is 1. The lowest BCUT2D eigenvalue weighted by atomic mass is 10.2. The van der Waals surface area contributed by atoms with Crippen LogP contribution in [0, 0.1) is 0 Å². The highest BCUT2D eigenvalue weighted by molar-refractivity contribution is 7.86. The molecule has 1 aliphatic rings. The first kappa shape index (κ1) is 32.3. The van der Waals surface area contributed by atoms with Gasteiger partial charge < -0.3 is 14.0 Å². The summed E-state index contributed by atoms with van der Waals surface area (Å²) in [5.74, 6) is -2.54. The molecule has 3 aromatic rings. The largest absolute Gasteiger partial charge is 0.492 e. The number of oxazole rings is 1. The number of hydrogen-bond acceptors (Lipinski definition) is 11. The van der Waals surface area contributed by atoms with Crippen molar-refractivity contribution in [1.29, 1.82) is 0 Å². The minimum Gasteiger partial charge on any atom is -0.492 e. The van der Waals surface area contributed by atoms with Crippen molar-refractivity contribution in [1.82, 2.24) is 10.0 Å². The first-order valence-corrected chi connectivity index (χ1v) is 16.4. The molecule has 18 heteroatoms. The van der Waals surface area contributed by atoms with E-state index in [1.54, 1.807) is 18.5 Å². The Balaban J connectivity index is 1.36. The molecule has 232 valence electrons. The molecule has 43 heavy (non-hydrogen) atoms. The zero-order chi connectivity index (χ0) is 31.4. The van der Waals surface area contributed by atoms with Gasteiger partial charge in [0.1, 0.15) is 27.7 Å². The molecule has 0 saturated carbocycles. The van der Waals surface area contributed by atoms with Crippen LogP contribution in [0.25, 0.3) is 22.6 Å². The topological polar surface area (TPSA) is 212 Å². The number of amides is 2. The van der Waals surface area contributed by atoms with Crippen LogP contribution in [0.2, 0.25) is 5.02 Å². The molecule has 1 fully saturated rings. The van der Waals surface area contributed by atoms with Gasteiger partial charge in [-0.2, -0.15) is 16.8 Å². The van der Waals surface area contributed by atoms with Gasteiger partial charge in [0.15, 0.2) is 18.0 Å². The van der Waals surface area contributed by atoms with Gasteiger partial charge in [0.2, 0.25) is 5.89 Å². The molecule has 1 aliphatic heterocycles. The number of hydroxylamine groups is 2. The summed E-state index contributed by atoms with van der Waals surface area (Å²) >= 11 is 6.46. The number of imide groups is 1. The van der Waals surface area contributed by atoms with E-state index in [9.17, 15) is 35.8 Å². The first-order chi connectivity index (χ1) is 20.2. The lowest BCUT2D eigenvalue weighted by Gasteiger charge is -2.12. The van der Waals surface area contributed by atoms with Gasteiger partial charge in [0.05, 0.1) is 17.9 Å². The molecule has 0 aliphatic carbocycles. The van der Waals surface area contributed by atoms with Gasteiger partial charge in [-0.3, -0.25) is 18.7 Å². The Labute approximate surface area is 250 Å². The molecule has 0 unspecified atom stereocenters. The fourth-order valence-electron chi connectivity index (χ4n) is 4.16. The third kappa shape index (κ3) is 8.70. The molecule has 4 rings (SSSR count). The van der Waals surface area contributed by atoms with Crippen molar-refractivity contribution in [2.24, 2.45) is 0 Å². The lowest BCUT2D eigenvalue weighted by molar-refractivity contribution is -0.697. The molecule has 0 bridgehead atoms. The summed E-state index contributed by atoms with van der Waals surface area (Å²) in [5, 5.41) is 0.796. The number of unbranched alkanes of at least 4 members (excludes halogenated alkanes) is 2. The van der Waals surface area contributed by atoms with Crippen molar-refractivity contribution in [3.8, 4) is 17.2 Å². The monoisotopic (exact) mass is 660 g/mol. The molecule has 15 nitrogen and oxygen atoms in total. The van der Waals surface area contributed by atoms with E-state index in [-0.39, 0.29) is 60.1 Å². The van der Waals surface area contributed by atoms with Gasteiger partial charge in [-0.15, -0.1) is 5.06 Å².